The summed E-state index contributed by atoms with van der Waals surface area (Å²) in [5.41, 5.74) is -3.29. The highest BCUT2D eigenvalue weighted by molar-refractivity contribution is 8.00. The molecule has 108 valence electrons. The second-order valence-electron chi connectivity index (χ2n) is 3.65. The molecule has 1 aromatic heterocycles. The van der Waals surface area contributed by atoms with Gasteiger partial charge in [-0.25, -0.2) is 9.97 Å². The molecule has 0 amide bonds. The zero-order valence-corrected chi connectivity index (χ0v) is 11.7. The van der Waals surface area contributed by atoms with Crippen LogP contribution in [0.5, 0.6) is 0 Å². The third-order valence-electron chi connectivity index (χ3n) is 2.30. The Labute approximate surface area is 114 Å². The van der Waals surface area contributed by atoms with Crippen LogP contribution in [0.2, 0.25) is 0 Å². The van der Waals surface area contributed by atoms with E-state index in [9.17, 15) is 13.2 Å². The number of alkyl halides is 3. The van der Waals surface area contributed by atoms with E-state index in [0.29, 0.717) is 12.2 Å². The smallest absolute Gasteiger partial charge is 0.370 e. The molecule has 0 aliphatic rings. The fourth-order valence-corrected chi connectivity index (χ4v) is 1.99. The standard InChI is InChI=1S/C11H17F3N4S/c1-3-8-9(15-4-2)17-7-18-10(8)16-5-6-19-11(12,13)14/h7H,3-6H2,1-2H3,(H2,15,16,17,18). The fraction of sp³-hybridized carbons (Fsp3) is 0.636. The molecule has 0 bridgehead atoms. The predicted octanol–water partition coefficient (Wildman–Crippen LogP) is 3.14. The monoisotopic (exact) mass is 294 g/mol. The Bertz CT molecular complexity index is 398. The molecule has 1 rings (SSSR count). The molecule has 2 N–H and O–H groups in total. The average molecular weight is 294 g/mol. The first-order valence-corrected chi connectivity index (χ1v) is 6.98. The van der Waals surface area contributed by atoms with Crippen molar-refractivity contribution in [1.29, 1.82) is 0 Å². The maximum absolute atomic E-state index is 12.0. The summed E-state index contributed by atoms with van der Waals surface area (Å²) in [4.78, 5) is 8.19. The number of rotatable bonds is 7. The van der Waals surface area contributed by atoms with Crippen molar-refractivity contribution in [3.63, 3.8) is 0 Å². The highest BCUT2D eigenvalue weighted by Gasteiger charge is 2.27. The molecule has 19 heavy (non-hydrogen) atoms. The number of thioether (sulfide) groups is 1. The molecule has 4 nitrogen and oxygen atoms in total. The van der Waals surface area contributed by atoms with Gasteiger partial charge in [-0.2, -0.15) is 13.2 Å². The molecule has 1 heterocycles. The van der Waals surface area contributed by atoms with E-state index in [1.165, 1.54) is 6.33 Å². The van der Waals surface area contributed by atoms with Gasteiger partial charge in [-0.3, -0.25) is 0 Å². The summed E-state index contributed by atoms with van der Waals surface area (Å²) >= 11 is -0.0408. The van der Waals surface area contributed by atoms with Gasteiger partial charge in [0.2, 0.25) is 0 Å². The van der Waals surface area contributed by atoms with Crippen molar-refractivity contribution < 1.29 is 13.2 Å². The van der Waals surface area contributed by atoms with E-state index in [2.05, 4.69) is 20.6 Å². The van der Waals surface area contributed by atoms with Crippen LogP contribution in [0.3, 0.4) is 0 Å². The van der Waals surface area contributed by atoms with E-state index >= 15 is 0 Å². The van der Waals surface area contributed by atoms with E-state index in [4.69, 9.17) is 0 Å². The lowest BCUT2D eigenvalue weighted by Crippen LogP contribution is -2.13. The fourth-order valence-electron chi connectivity index (χ4n) is 1.56. The van der Waals surface area contributed by atoms with Crippen LogP contribution in [0.15, 0.2) is 6.33 Å². The summed E-state index contributed by atoms with van der Waals surface area (Å²) in [7, 11) is 0. The lowest BCUT2D eigenvalue weighted by atomic mass is 10.2. The number of hydrogen-bond acceptors (Lipinski definition) is 5. The zero-order valence-electron chi connectivity index (χ0n) is 10.8. The Balaban J connectivity index is 2.60. The average Bonchev–Trinajstić information content (AvgIpc) is 2.34. The van der Waals surface area contributed by atoms with Crippen LogP contribution >= 0.6 is 11.8 Å². The highest BCUT2D eigenvalue weighted by Crippen LogP contribution is 2.29. The number of nitrogens with zero attached hydrogens (tertiary/aromatic N) is 2. The minimum Gasteiger partial charge on any atom is -0.370 e. The first-order chi connectivity index (χ1) is 8.98. The SMILES string of the molecule is CCNc1ncnc(NCCSC(F)(F)F)c1CC. The van der Waals surface area contributed by atoms with Gasteiger partial charge < -0.3 is 10.6 Å². The van der Waals surface area contributed by atoms with Crippen LogP contribution in [0.4, 0.5) is 24.8 Å². The van der Waals surface area contributed by atoms with Gasteiger partial charge in [-0.1, -0.05) is 6.92 Å². The van der Waals surface area contributed by atoms with Gasteiger partial charge in [-0.15, -0.1) is 0 Å². The Hall–Kier alpha value is -1.18. The molecule has 0 radical (unpaired) electrons. The largest absolute Gasteiger partial charge is 0.441 e. The summed E-state index contributed by atoms with van der Waals surface area (Å²) in [6.45, 7) is 4.84. The molecular formula is C11H17F3N4S. The van der Waals surface area contributed by atoms with Crippen molar-refractivity contribution in [3.05, 3.63) is 11.9 Å². The lowest BCUT2D eigenvalue weighted by Gasteiger charge is -2.13. The molecule has 0 aliphatic carbocycles. The number of aromatic nitrogens is 2. The number of halogens is 3. The minimum atomic E-state index is -4.18. The Kier molecular flexibility index (Phi) is 6.20. The number of anilines is 2. The van der Waals surface area contributed by atoms with E-state index in [0.717, 1.165) is 17.9 Å². The van der Waals surface area contributed by atoms with Crippen molar-refractivity contribution in [1.82, 2.24) is 9.97 Å². The normalized spacial score (nSPS) is 11.4. The third kappa shape index (κ3) is 5.54. The molecule has 1 aromatic rings. The van der Waals surface area contributed by atoms with E-state index in [1.54, 1.807) is 0 Å². The Morgan fingerprint density at radius 1 is 1.16 bits per heavy atom. The summed E-state index contributed by atoms with van der Waals surface area (Å²) in [6, 6.07) is 0. The van der Waals surface area contributed by atoms with Crippen LogP contribution in [-0.4, -0.2) is 34.3 Å². The van der Waals surface area contributed by atoms with Gasteiger partial charge in [0.25, 0.3) is 0 Å². The summed E-state index contributed by atoms with van der Waals surface area (Å²) in [5.74, 6) is 1.27. The van der Waals surface area contributed by atoms with Gasteiger partial charge in [0, 0.05) is 24.4 Å². The number of nitrogens with one attached hydrogen (secondary N) is 2. The highest BCUT2D eigenvalue weighted by atomic mass is 32.2. The Morgan fingerprint density at radius 3 is 2.32 bits per heavy atom. The van der Waals surface area contributed by atoms with E-state index in [-0.39, 0.29) is 24.1 Å². The maximum atomic E-state index is 12.0. The lowest BCUT2D eigenvalue weighted by molar-refractivity contribution is -0.0327. The summed E-state index contributed by atoms with van der Waals surface area (Å²) in [6.07, 6.45) is 2.11. The molecule has 0 saturated heterocycles. The second kappa shape index (κ2) is 7.42. The molecule has 8 heteroatoms. The molecule has 0 spiro atoms. The quantitative estimate of drug-likeness (QED) is 0.757. The van der Waals surface area contributed by atoms with Crippen LogP contribution in [-0.2, 0) is 6.42 Å². The second-order valence-corrected chi connectivity index (χ2v) is 4.81. The molecule has 0 atom stereocenters. The van der Waals surface area contributed by atoms with Crippen molar-refractivity contribution in [2.45, 2.75) is 25.8 Å². The van der Waals surface area contributed by atoms with Crippen LogP contribution in [0.1, 0.15) is 19.4 Å². The van der Waals surface area contributed by atoms with Crippen LogP contribution in [0.25, 0.3) is 0 Å². The van der Waals surface area contributed by atoms with Crippen LogP contribution in [0, 0.1) is 0 Å². The van der Waals surface area contributed by atoms with Crippen molar-refractivity contribution in [2.75, 3.05) is 29.5 Å². The summed E-state index contributed by atoms with van der Waals surface area (Å²) < 4.78 is 36.0. The van der Waals surface area contributed by atoms with Gasteiger partial charge in [0.05, 0.1) is 0 Å². The summed E-state index contributed by atoms with van der Waals surface area (Å²) in [5, 5.41) is 6.03. The molecule has 0 aromatic carbocycles. The van der Waals surface area contributed by atoms with Crippen molar-refractivity contribution in [2.24, 2.45) is 0 Å². The van der Waals surface area contributed by atoms with E-state index in [1.807, 2.05) is 13.8 Å². The minimum absolute atomic E-state index is 0.0408. The number of hydrogen-bond donors (Lipinski definition) is 2. The molecule has 0 fully saturated rings. The molecule has 0 unspecified atom stereocenters. The zero-order chi connectivity index (χ0) is 14.3. The van der Waals surface area contributed by atoms with Gasteiger partial charge in [0.15, 0.2) is 0 Å². The topological polar surface area (TPSA) is 49.8 Å². The Morgan fingerprint density at radius 2 is 1.79 bits per heavy atom. The molecule has 0 saturated carbocycles. The van der Waals surface area contributed by atoms with Gasteiger partial charge >= 0.3 is 5.51 Å². The first-order valence-electron chi connectivity index (χ1n) is 6.00. The first kappa shape index (κ1) is 15.9. The maximum Gasteiger partial charge on any atom is 0.441 e. The van der Waals surface area contributed by atoms with Gasteiger partial charge in [-0.05, 0) is 25.1 Å². The van der Waals surface area contributed by atoms with Gasteiger partial charge in [0.1, 0.15) is 18.0 Å². The van der Waals surface area contributed by atoms with Crippen LogP contribution < -0.4 is 10.6 Å². The molecule has 0 aliphatic heterocycles. The predicted molar refractivity (Wildman–Crippen MR) is 72.6 cm³/mol. The van der Waals surface area contributed by atoms with Crippen molar-refractivity contribution >= 4 is 23.4 Å². The molecular weight excluding hydrogens is 277 g/mol. The third-order valence-corrected chi connectivity index (χ3v) is 3.04. The van der Waals surface area contributed by atoms with E-state index < -0.39 is 5.51 Å². The van der Waals surface area contributed by atoms with Crippen molar-refractivity contribution in [3.8, 4) is 0 Å².